The predicted molar refractivity (Wildman–Crippen MR) is 119 cm³/mol. The molecule has 2 N–H and O–H groups in total. The average Bonchev–Trinajstić information content (AvgIpc) is 2.80. The van der Waals surface area contributed by atoms with Crippen LogP contribution >= 0.6 is 11.6 Å². The quantitative estimate of drug-likeness (QED) is 0.519. The van der Waals surface area contributed by atoms with Crippen LogP contribution < -0.4 is 4.74 Å². The van der Waals surface area contributed by atoms with Crippen molar-refractivity contribution >= 4 is 22.4 Å². The number of halogens is 3. The van der Waals surface area contributed by atoms with Crippen molar-refractivity contribution in [2.75, 3.05) is 13.2 Å². The van der Waals surface area contributed by atoms with E-state index in [1.165, 1.54) is 12.1 Å². The third-order valence-corrected chi connectivity index (χ3v) is 6.27. The molecule has 0 bridgehead atoms. The van der Waals surface area contributed by atoms with E-state index in [2.05, 4.69) is 0 Å². The van der Waals surface area contributed by atoms with Gasteiger partial charge >= 0.3 is 0 Å². The zero-order chi connectivity index (χ0) is 22.8. The third-order valence-electron chi connectivity index (χ3n) is 5.82. The molecule has 32 heavy (non-hydrogen) atoms. The van der Waals surface area contributed by atoms with Crippen molar-refractivity contribution in [2.24, 2.45) is 0 Å². The minimum absolute atomic E-state index is 0.0739. The molecule has 0 radical (unpaired) electrons. The van der Waals surface area contributed by atoms with Gasteiger partial charge in [-0.15, -0.1) is 0 Å². The summed E-state index contributed by atoms with van der Waals surface area (Å²) in [6.45, 7) is 1.74. The van der Waals surface area contributed by atoms with E-state index in [1.807, 2.05) is 30.3 Å². The van der Waals surface area contributed by atoms with E-state index in [-0.39, 0.29) is 30.9 Å². The lowest BCUT2D eigenvalue weighted by Crippen LogP contribution is -2.33. The summed E-state index contributed by atoms with van der Waals surface area (Å²) in [5.74, 6) is -2.11. The van der Waals surface area contributed by atoms with Crippen LogP contribution in [0.5, 0.6) is 5.75 Å². The Morgan fingerprint density at radius 1 is 1.06 bits per heavy atom. The van der Waals surface area contributed by atoms with Gasteiger partial charge in [-0.05, 0) is 35.1 Å². The van der Waals surface area contributed by atoms with E-state index >= 15 is 0 Å². The molecule has 3 aromatic carbocycles. The van der Waals surface area contributed by atoms with Crippen LogP contribution in [-0.2, 0) is 11.2 Å². The molecule has 1 heterocycles. The van der Waals surface area contributed by atoms with E-state index in [1.54, 1.807) is 6.92 Å². The largest absolute Gasteiger partial charge is 0.491 e. The second kappa shape index (κ2) is 9.71. The van der Waals surface area contributed by atoms with Crippen LogP contribution in [0.2, 0.25) is 5.02 Å². The maximum atomic E-state index is 14.7. The van der Waals surface area contributed by atoms with Crippen LogP contribution in [0.25, 0.3) is 10.8 Å². The zero-order valence-electron chi connectivity index (χ0n) is 17.7. The topological polar surface area (TPSA) is 58.9 Å². The second-order valence-corrected chi connectivity index (χ2v) is 8.38. The summed E-state index contributed by atoms with van der Waals surface area (Å²) in [4.78, 5) is 0. The van der Waals surface area contributed by atoms with E-state index in [4.69, 9.17) is 21.1 Å². The Morgan fingerprint density at radius 3 is 2.53 bits per heavy atom. The molecule has 3 aromatic rings. The molecule has 1 fully saturated rings. The first-order valence-corrected chi connectivity index (χ1v) is 11.0. The van der Waals surface area contributed by atoms with Gasteiger partial charge in [0, 0.05) is 24.6 Å². The number of aliphatic hydroxyl groups excluding tert-OH is 2. The van der Waals surface area contributed by atoms with Gasteiger partial charge in [-0.2, -0.15) is 4.39 Å². The van der Waals surface area contributed by atoms with Gasteiger partial charge in [-0.3, -0.25) is 0 Å². The first-order chi connectivity index (χ1) is 15.4. The molecule has 4 nitrogen and oxygen atoms in total. The van der Waals surface area contributed by atoms with Crippen LogP contribution in [0.15, 0.2) is 42.5 Å². The monoisotopic (exact) mass is 462 g/mol. The molecule has 7 heteroatoms. The molecule has 1 aliphatic rings. The van der Waals surface area contributed by atoms with Gasteiger partial charge in [0.1, 0.15) is 0 Å². The number of hydrogen-bond donors (Lipinski definition) is 2. The molecule has 0 amide bonds. The van der Waals surface area contributed by atoms with Crippen LogP contribution in [-0.4, -0.2) is 35.6 Å². The summed E-state index contributed by atoms with van der Waals surface area (Å²) in [6.07, 6.45) is -0.736. The molecule has 1 aliphatic heterocycles. The Kier molecular flexibility index (Phi) is 6.96. The van der Waals surface area contributed by atoms with Crippen molar-refractivity contribution in [1.82, 2.24) is 0 Å². The first kappa shape index (κ1) is 22.9. The van der Waals surface area contributed by atoms with Gasteiger partial charge in [0.2, 0.25) is 5.82 Å². The molecular weight excluding hydrogens is 438 g/mol. The van der Waals surface area contributed by atoms with Gasteiger partial charge in [0.25, 0.3) is 0 Å². The molecule has 0 saturated carbocycles. The van der Waals surface area contributed by atoms with Crippen molar-refractivity contribution in [3.63, 3.8) is 0 Å². The highest BCUT2D eigenvalue weighted by Crippen LogP contribution is 2.40. The molecule has 170 valence electrons. The number of benzene rings is 3. The summed E-state index contributed by atoms with van der Waals surface area (Å²) in [5, 5.41) is 21.9. The van der Waals surface area contributed by atoms with E-state index < -0.39 is 29.9 Å². The summed E-state index contributed by atoms with van der Waals surface area (Å²) >= 11 is 6.69. The Bertz CT molecular complexity index is 1120. The highest BCUT2D eigenvalue weighted by molar-refractivity contribution is 6.36. The standard InChI is InChI=1S/C25H25ClF2O4/c1-2-31-21-8-7-14(24(27)25(21)28)9-15-10-20(18-5-3-4-6-19(18)23(15)26)22-12-16(30)11-17(13-29)32-22/h3-8,10,16-17,22,29-30H,2,9,11-13H2,1H3. The number of ether oxygens (including phenoxy) is 2. The molecule has 0 aliphatic carbocycles. The van der Waals surface area contributed by atoms with Gasteiger partial charge in [-0.1, -0.05) is 48.0 Å². The zero-order valence-corrected chi connectivity index (χ0v) is 18.4. The van der Waals surface area contributed by atoms with E-state index in [0.717, 1.165) is 16.3 Å². The van der Waals surface area contributed by atoms with Gasteiger partial charge in [0.05, 0.1) is 36.5 Å². The van der Waals surface area contributed by atoms with Crippen LogP contribution in [0, 0.1) is 11.6 Å². The van der Waals surface area contributed by atoms with Gasteiger partial charge < -0.3 is 19.7 Å². The number of aliphatic hydroxyl groups is 2. The summed E-state index contributed by atoms with van der Waals surface area (Å²) in [6, 6.07) is 12.3. The number of hydrogen-bond acceptors (Lipinski definition) is 4. The highest BCUT2D eigenvalue weighted by atomic mass is 35.5. The van der Waals surface area contributed by atoms with Crippen LogP contribution in [0.3, 0.4) is 0 Å². The summed E-state index contributed by atoms with van der Waals surface area (Å²) in [7, 11) is 0. The second-order valence-electron chi connectivity index (χ2n) is 8.00. The molecule has 4 rings (SSSR count). The molecule has 0 aromatic heterocycles. The number of rotatable bonds is 6. The fourth-order valence-corrected chi connectivity index (χ4v) is 4.60. The lowest BCUT2D eigenvalue weighted by molar-refractivity contribution is -0.113. The first-order valence-electron chi connectivity index (χ1n) is 10.7. The Balaban J connectivity index is 1.78. The summed E-state index contributed by atoms with van der Waals surface area (Å²) in [5.41, 5.74) is 1.57. The molecular formula is C25H25ClF2O4. The van der Waals surface area contributed by atoms with E-state index in [9.17, 15) is 19.0 Å². The van der Waals surface area contributed by atoms with Crippen molar-refractivity contribution in [1.29, 1.82) is 0 Å². The smallest absolute Gasteiger partial charge is 0.200 e. The minimum Gasteiger partial charge on any atom is -0.491 e. The third kappa shape index (κ3) is 4.46. The maximum absolute atomic E-state index is 14.7. The Morgan fingerprint density at radius 2 is 1.81 bits per heavy atom. The number of fused-ring (bicyclic) bond motifs is 1. The maximum Gasteiger partial charge on any atom is 0.200 e. The van der Waals surface area contributed by atoms with Crippen LogP contribution in [0.4, 0.5) is 8.78 Å². The SMILES string of the molecule is CCOc1ccc(Cc2cc(C3CC(O)CC(CO)O3)c3ccccc3c2Cl)c(F)c1F. The van der Waals surface area contributed by atoms with Crippen molar-refractivity contribution in [2.45, 2.75) is 44.5 Å². The predicted octanol–water partition coefficient (Wildman–Crippen LogP) is 5.33. The minimum atomic E-state index is -1.02. The van der Waals surface area contributed by atoms with Crippen molar-refractivity contribution < 1.29 is 28.5 Å². The van der Waals surface area contributed by atoms with Gasteiger partial charge in [-0.25, -0.2) is 4.39 Å². The molecule has 0 spiro atoms. The fraction of sp³-hybridized carbons (Fsp3) is 0.360. The average molecular weight is 463 g/mol. The summed E-state index contributed by atoms with van der Waals surface area (Å²) < 4.78 is 40.3. The van der Waals surface area contributed by atoms with Crippen molar-refractivity contribution in [3.05, 3.63) is 75.8 Å². The Hall–Kier alpha value is -2.25. The fourth-order valence-electron chi connectivity index (χ4n) is 4.31. The lowest BCUT2D eigenvalue weighted by atomic mass is 9.90. The normalized spacial score (nSPS) is 21.1. The van der Waals surface area contributed by atoms with Crippen molar-refractivity contribution in [3.8, 4) is 5.75 Å². The molecule has 1 saturated heterocycles. The Labute approximate surface area is 190 Å². The lowest BCUT2D eigenvalue weighted by Gasteiger charge is -2.33. The van der Waals surface area contributed by atoms with E-state index in [0.29, 0.717) is 23.4 Å². The molecule has 3 atom stereocenters. The highest BCUT2D eigenvalue weighted by Gasteiger charge is 2.31. The molecule has 3 unspecified atom stereocenters. The van der Waals surface area contributed by atoms with Gasteiger partial charge in [0.15, 0.2) is 11.6 Å². The van der Waals surface area contributed by atoms with Crippen LogP contribution in [0.1, 0.15) is 42.6 Å².